The quantitative estimate of drug-likeness (QED) is 0.197. The van der Waals surface area contributed by atoms with Crippen LogP contribution in [-0.4, -0.2) is 15.0 Å². The Hall–Kier alpha value is -5.67. The van der Waals surface area contributed by atoms with Gasteiger partial charge in [0, 0.05) is 22.1 Å². The Morgan fingerprint density at radius 1 is 0.400 bits per heavy atom. The number of fused-ring (bicyclic) bond motifs is 8. The van der Waals surface area contributed by atoms with Gasteiger partial charge in [-0.05, 0) is 66.7 Å². The molecule has 0 saturated carbocycles. The Labute approximate surface area is 261 Å². The van der Waals surface area contributed by atoms with Gasteiger partial charge in [-0.15, -0.1) is 0 Å². The van der Waals surface area contributed by atoms with Gasteiger partial charge in [0.25, 0.3) is 0 Å². The molecular weight excluding hydrogens is 546 g/mol. The van der Waals surface area contributed by atoms with Crippen molar-refractivity contribution in [1.29, 1.82) is 0 Å². The van der Waals surface area contributed by atoms with E-state index in [4.69, 9.17) is 15.0 Å². The molecule has 0 bridgehead atoms. The monoisotopic (exact) mass is 575 g/mol. The molecule has 1 aliphatic carbocycles. The smallest absolute Gasteiger partial charge is 0.164 e. The first-order valence-electron chi connectivity index (χ1n) is 15.5. The highest BCUT2D eigenvalue weighted by Gasteiger charge is 2.35. The van der Waals surface area contributed by atoms with E-state index in [0.717, 1.165) is 22.1 Å². The van der Waals surface area contributed by atoms with E-state index in [1.165, 1.54) is 49.2 Å². The molecule has 9 rings (SSSR count). The normalized spacial score (nSPS) is 13.3. The predicted molar refractivity (Wildman–Crippen MR) is 186 cm³/mol. The number of benzene rings is 7. The van der Waals surface area contributed by atoms with E-state index in [9.17, 15) is 0 Å². The zero-order chi connectivity index (χ0) is 30.1. The summed E-state index contributed by atoms with van der Waals surface area (Å²) in [5, 5.41) is 7.23. The fourth-order valence-electron chi connectivity index (χ4n) is 7.25. The molecular formula is C42H29N3. The molecule has 1 heterocycles. The summed E-state index contributed by atoms with van der Waals surface area (Å²) >= 11 is 0. The molecule has 0 radical (unpaired) electrons. The molecule has 45 heavy (non-hydrogen) atoms. The molecule has 0 N–H and O–H groups in total. The number of hydrogen-bond donors (Lipinski definition) is 0. The van der Waals surface area contributed by atoms with Crippen LogP contribution in [0.5, 0.6) is 0 Å². The first-order valence-corrected chi connectivity index (χ1v) is 15.5. The highest BCUT2D eigenvalue weighted by molar-refractivity contribution is 6.23. The molecule has 3 nitrogen and oxygen atoms in total. The van der Waals surface area contributed by atoms with Crippen molar-refractivity contribution < 1.29 is 0 Å². The van der Waals surface area contributed by atoms with Gasteiger partial charge in [0.2, 0.25) is 0 Å². The van der Waals surface area contributed by atoms with Crippen molar-refractivity contribution in [3.63, 3.8) is 0 Å². The largest absolute Gasteiger partial charge is 0.208 e. The lowest BCUT2D eigenvalue weighted by atomic mass is 9.82. The van der Waals surface area contributed by atoms with Crippen molar-refractivity contribution in [1.82, 2.24) is 15.0 Å². The summed E-state index contributed by atoms with van der Waals surface area (Å²) in [6.07, 6.45) is 0. The van der Waals surface area contributed by atoms with Crippen LogP contribution in [0.4, 0.5) is 0 Å². The molecule has 0 atom stereocenters. The molecule has 0 spiro atoms. The van der Waals surface area contributed by atoms with Crippen LogP contribution in [0.1, 0.15) is 25.0 Å². The van der Waals surface area contributed by atoms with Crippen LogP contribution in [0, 0.1) is 0 Å². The molecule has 8 aromatic rings. The summed E-state index contributed by atoms with van der Waals surface area (Å²) in [6.45, 7) is 4.61. The van der Waals surface area contributed by atoms with E-state index in [-0.39, 0.29) is 5.41 Å². The van der Waals surface area contributed by atoms with Gasteiger partial charge in [0.15, 0.2) is 17.5 Å². The predicted octanol–water partition coefficient (Wildman–Crippen LogP) is 10.6. The van der Waals surface area contributed by atoms with E-state index in [0.29, 0.717) is 17.5 Å². The van der Waals surface area contributed by atoms with Crippen molar-refractivity contribution >= 4 is 32.3 Å². The SMILES string of the molecule is CC1(C)c2ccccc2-c2ccc(-c3nc(-c4ccccc4)nc(-c4cc5ccc6ccccc6c5c5ccccc45)n3)cc21. The lowest BCUT2D eigenvalue weighted by Crippen LogP contribution is -2.15. The highest BCUT2D eigenvalue weighted by Crippen LogP contribution is 2.49. The summed E-state index contributed by atoms with van der Waals surface area (Å²) in [4.78, 5) is 15.4. The van der Waals surface area contributed by atoms with Crippen LogP contribution in [0.3, 0.4) is 0 Å². The van der Waals surface area contributed by atoms with Crippen molar-refractivity contribution in [2.24, 2.45) is 0 Å². The minimum absolute atomic E-state index is 0.114. The van der Waals surface area contributed by atoms with Crippen LogP contribution < -0.4 is 0 Å². The third-order valence-corrected chi connectivity index (χ3v) is 9.50. The number of aromatic nitrogens is 3. The lowest BCUT2D eigenvalue weighted by Gasteiger charge is -2.21. The Bertz CT molecular complexity index is 2460. The molecule has 1 aliphatic rings. The van der Waals surface area contributed by atoms with E-state index < -0.39 is 0 Å². The number of rotatable bonds is 3. The topological polar surface area (TPSA) is 38.7 Å². The van der Waals surface area contributed by atoms with Crippen LogP contribution in [0.15, 0.2) is 140 Å². The van der Waals surface area contributed by atoms with Gasteiger partial charge in [-0.3, -0.25) is 0 Å². The zero-order valence-electron chi connectivity index (χ0n) is 25.1. The summed E-state index contributed by atoms with van der Waals surface area (Å²) in [7, 11) is 0. The van der Waals surface area contributed by atoms with Gasteiger partial charge >= 0.3 is 0 Å². The standard InChI is InChI=1S/C42H29N3/c1-42(2)36-19-11-10-17-32(36)33-23-22-29(25-37(33)42)40-43-39(27-13-4-3-5-14-27)44-41(45-40)35-24-28-21-20-26-12-6-7-15-30(26)38(28)34-18-9-8-16-31(34)35/h3-25H,1-2H3. The Kier molecular flexibility index (Phi) is 5.54. The molecule has 212 valence electrons. The van der Waals surface area contributed by atoms with Crippen molar-refractivity contribution in [2.75, 3.05) is 0 Å². The Morgan fingerprint density at radius 3 is 1.87 bits per heavy atom. The second-order valence-electron chi connectivity index (χ2n) is 12.5. The Morgan fingerprint density at radius 2 is 1.02 bits per heavy atom. The fraction of sp³-hybridized carbons (Fsp3) is 0.0714. The first-order chi connectivity index (χ1) is 22.1. The second-order valence-corrected chi connectivity index (χ2v) is 12.5. The maximum absolute atomic E-state index is 5.22. The van der Waals surface area contributed by atoms with E-state index in [1.807, 2.05) is 18.2 Å². The molecule has 3 heteroatoms. The zero-order valence-corrected chi connectivity index (χ0v) is 25.1. The Balaban J connectivity index is 1.30. The highest BCUT2D eigenvalue weighted by atomic mass is 15.0. The summed E-state index contributed by atoms with van der Waals surface area (Å²) in [5.74, 6) is 2.02. The molecule has 0 unspecified atom stereocenters. The van der Waals surface area contributed by atoms with Crippen molar-refractivity contribution in [3.05, 3.63) is 151 Å². The molecule has 7 aromatic carbocycles. The van der Waals surface area contributed by atoms with Gasteiger partial charge in [0.05, 0.1) is 0 Å². The van der Waals surface area contributed by atoms with E-state index in [2.05, 4.69) is 135 Å². The van der Waals surface area contributed by atoms with Gasteiger partial charge < -0.3 is 0 Å². The second kappa shape index (κ2) is 9.67. The van der Waals surface area contributed by atoms with Gasteiger partial charge in [-0.1, -0.05) is 141 Å². The number of nitrogens with zero attached hydrogens (tertiary/aromatic N) is 3. The van der Waals surface area contributed by atoms with Gasteiger partial charge in [-0.25, -0.2) is 15.0 Å². The van der Waals surface area contributed by atoms with Gasteiger partial charge in [0.1, 0.15) is 0 Å². The fourth-order valence-corrected chi connectivity index (χ4v) is 7.25. The third-order valence-electron chi connectivity index (χ3n) is 9.50. The molecule has 0 amide bonds. The average molecular weight is 576 g/mol. The molecule has 1 aromatic heterocycles. The van der Waals surface area contributed by atoms with Crippen LogP contribution in [0.25, 0.3) is 77.6 Å². The minimum Gasteiger partial charge on any atom is -0.208 e. The van der Waals surface area contributed by atoms with E-state index in [1.54, 1.807) is 0 Å². The lowest BCUT2D eigenvalue weighted by molar-refractivity contribution is 0.660. The van der Waals surface area contributed by atoms with Crippen LogP contribution >= 0.6 is 0 Å². The third kappa shape index (κ3) is 3.94. The maximum atomic E-state index is 5.22. The van der Waals surface area contributed by atoms with Crippen molar-refractivity contribution in [3.8, 4) is 45.3 Å². The van der Waals surface area contributed by atoms with Crippen LogP contribution in [-0.2, 0) is 5.41 Å². The number of hydrogen-bond acceptors (Lipinski definition) is 3. The first kappa shape index (κ1) is 25.8. The average Bonchev–Trinajstić information content (AvgIpc) is 3.33. The van der Waals surface area contributed by atoms with Gasteiger partial charge in [-0.2, -0.15) is 0 Å². The van der Waals surface area contributed by atoms with Crippen LogP contribution in [0.2, 0.25) is 0 Å². The summed E-state index contributed by atoms with van der Waals surface area (Å²) < 4.78 is 0. The molecule has 0 aliphatic heterocycles. The molecule has 0 saturated heterocycles. The summed E-state index contributed by atoms with van der Waals surface area (Å²) in [5.41, 5.74) is 8.09. The minimum atomic E-state index is -0.114. The van der Waals surface area contributed by atoms with E-state index >= 15 is 0 Å². The van der Waals surface area contributed by atoms with Crippen molar-refractivity contribution in [2.45, 2.75) is 19.3 Å². The maximum Gasteiger partial charge on any atom is 0.164 e. The summed E-state index contributed by atoms with van der Waals surface area (Å²) in [6, 6.07) is 49.5. The molecule has 0 fully saturated rings.